The first-order valence-electron chi connectivity index (χ1n) is 11.5. The van der Waals surface area contributed by atoms with Crippen LogP contribution in [0.5, 0.6) is 23.0 Å². The molecular formula is C26H28N4O6S. The van der Waals surface area contributed by atoms with Crippen LogP contribution in [0.25, 0.3) is 11.6 Å². The lowest BCUT2D eigenvalue weighted by atomic mass is 10.2. The van der Waals surface area contributed by atoms with Crippen molar-refractivity contribution in [1.82, 2.24) is 15.2 Å². The molecule has 4 aromatic rings. The van der Waals surface area contributed by atoms with Crippen LogP contribution >= 0.6 is 11.8 Å². The van der Waals surface area contributed by atoms with E-state index in [9.17, 15) is 0 Å². The lowest BCUT2D eigenvalue weighted by molar-refractivity contribution is 0.139. The van der Waals surface area contributed by atoms with Gasteiger partial charge in [0.15, 0.2) is 11.5 Å². The Hall–Kier alpha value is -3.80. The number of benzene rings is 2. The van der Waals surface area contributed by atoms with Crippen molar-refractivity contribution in [3.8, 4) is 34.6 Å². The molecule has 2 heterocycles. The third-order valence-electron chi connectivity index (χ3n) is 5.20. The number of hydrogen-bond acceptors (Lipinski definition) is 11. The van der Waals surface area contributed by atoms with Gasteiger partial charge in [0.05, 0.1) is 27.0 Å². The van der Waals surface area contributed by atoms with Crippen molar-refractivity contribution in [2.75, 3.05) is 26.6 Å². The van der Waals surface area contributed by atoms with Crippen molar-refractivity contribution in [3.05, 3.63) is 71.9 Å². The monoisotopic (exact) mass is 524 g/mol. The van der Waals surface area contributed by atoms with Gasteiger partial charge in [-0.05, 0) is 41.8 Å². The van der Waals surface area contributed by atoms with Gasteiger partial charge in [-0.3, -0.25) is 0 Å². The summed E-state index contributed by atoms with van der Waals surface area (Å²) in [4.78, 5) is 9.04. The third kappa shape index (κ3) is 7.59. The van der Waals surface area contributed by atoms with Crippen molar-refractivity contribution in [1.29, 1.82) is 0 Å². The smallest absolute Gasteiger partial charge is 0.276 e. The summed E-state index contributed by atoms with van der Waals surface area (Å²) in [5.41, 5.74) is 2.42. The van der Waals surface area contributed by atoms with Crippen LogP contribution in [0, 0.1) is 0 Å². The Morgan fingerprint density at radius 2 is 1.46 bits per heavy atom. The molecule has 0 spiro atoms. The highest BCUT2D eigenvalue weighted by Crippen LogP contribution is 2.33. The standard InChI is InChI=1S/C26H28N4O6S/c1-31-20-8-4-18(5-9-20)16-33-23-14-22(25-29-30-26(36-25)37-13-3-12-35-27)28-15-24(23)34-17-19-6-10-21(32-2)11-7-19/h4-11,14-15H,3,12-13,16-17,27H2,1-2H3. The first-order valence-corrected chi connectivity index (χ1v) is 12.5. The number of aromatic nitrogens is 3. The molecule has 0 saturated carbocycles. The predicted molar refractivity (Wildman–Crippen MR) is 138 cm³/mol. The van der Waals surface area contributed by atoms with E-state index < -0.39 is 0 Å². The van der Waals surface area contributed by atoms with Crippen LogP contribution in [0.15, 0.2) is 70.4 Å². The molecule has 0 aliphatic heterocycles. The molecule has 11 heteroatoms. The molecule has 0 fully saturated rings. The molecule has 0 saturated heterocycles. The highest BCUT2D eigenvalue weighted by Gasteiger charge is 2.15. The number of nitrogens with zero attached hydrogens (tertiary/aromatic N) is 3. The van der Waals surface area contributed by atoms with Crippen LogP contribution < -0.4 is 24.8 Å². The summed E-state index contributed by atoms with van der Waals surface area (Å²) in [5, 5.41) is 8.65. The molecule has 0 amide bonds. The van der Waals surface area contributed by atoms with Gasteiger partial charge >= 0.3 is 0 Å². The highest BCUT2D eigenvalue weighted by molar-refractivity contribution is 7.99. The molecule has 2 aromatic carbocycles. The normalized spacial score (nSPS) is 10.8. The van der Waals surface area contributed by atoms with Gasteiger partial charge in [0.1, 0.15) is 30.4 Å². The van der Waals surface area contributed by atoms with Crippen molar-refractivity contribution in [3.63, 3.8) is 0 Å². The van der Waals surface area contributed by atoms with Crippen LogP contribution in [-0.4, -0.2) is 41.8 Å². The first-order chi connectivity index (χ1) is 18.2. The number of rotatable bonds is 14. The van der Waals surface area contributed by atoms with Gasteiger partial charge in [0.25, 0.3) is 11.1 Å². The summed E-state index contributed by atoms with van der Waals surface area (Å²) in [6.07, 6.45) is 2.36. The average Bonchev–Trinajstić information content (AvgIpc) is 3.43. The second-order valence-electron chi connectivity index (χ2n) is 7.74. The number of hydrogen-bond donors (Lipinski definition) is 1. The Kier molecular flexibility index (Phi) is 9.58. The maximum atomic E-state index is 6.14. The van der Waals surface area contributed by atoms with Crippen molar-refractivity contribution < 1.29 is 28.2 Å². The van der Waals surface area contributed by atoms with E-state index >= 15 is 0 Å². The zero-order valence-electron chi connectivity index (χ0n) is 20.6. The van der Waals surface area contributed by atoms with Gasteiger partial charge in [-0.1, -0.05) is 36.0 Å². The van der Waals surface area contributed by atoms with E-state index in [4.69, 9.17) is 29.3 Å². The molecule has 0 radical (unpaired) electrons. The number of thioether (sulfide) groups is 1. The SMILES string of the molecule is COc1ccc(COc2cnc(-c3nnc(SCCCON)o3)cc2OCc2ccc(OC)cc2)cc1. The number of methoxy groups -OCH3 is 2. The highest BCUT2D eigenvalue weighted by atomic mass is 32.2. The fourth-order valence-corrected chi connectivity index (χ4v) is 3.87. The second kappa shape index (κ2) is 13.5. The van der Waals surface area contributed by atoms with Crippen molar-refractivity contribution in [2.24, 2.45) is 5.90 Å². The Labute approximate surface area is 219 Å². The largest absolute Gasteiger partial charge is 0.497 e. The van der Waals surface area contributed by atoms with E-state index in [1.54, 1.807) is 26.5 Å². The lowest BCUT2D eigenvalue weighted by Gasteiger charge is -2.14. The number of pyridine rings is 1. The first kappa shape index (κ1) is 26.3. The predicted octanol–water partition coefficient (Wildman–Crippen LogP) is 4.68. The van der Waals surface area contributed by atoms with Gasteiger partial charge in [-0.25, -0.2) is 10.9 Å². The van der Waals surface area contributed by atoms with Crippen molar-refractivity contribution >= 4 is 11.8 Å². The zero-order valence-corrected chi connectivity index (χ0v) is 21.4. The van der Waals surface area contributed by atoms with Gasteiger partial charge in [0, 0.05) is 11.8 Å². The van der Waals surface area contributed by atoms with E-state index in [-0.39, 0.29) is 5.89 Å². The molecule has 2 aromatic heterocycles. The maximum absolute atomic E-state index is 6.14. The fraction of sp³-hybridized carbons (Fsp3) is 0.269. The molecule has 0 bridgehead atoms. The van der Waals surface area contributed by atoms with E-state index in [1.165, 1.54) is 11.8 Å². The lowest BCUT2D eigenvalue weighted by Crippen LogP contribution is -2.02. The number of ether oxygens (including phenoxy) is 4. The van der Waals surface area contributed by atoms with Crippen LogP contribution in [0.1, 0.15) is 17.5 Å². The summed E-state index contributed by atoms with van der Waals surface area (Å²) in [6, 6.07) is 17.0. The summed E-state index contributed by atoms with van der Waals surface area (Å²) in [6.45, 7) is 1.11. The van der Waals surface area contributed by atoms with E-state index in [0.29, 0.717) is 42.2 Å². The minimum Gasteiger partial charge on any atom is -0.497 e. The van der Waals surface area contributed by atoms with Gasteiger partial charge < -0.3 is 28.2 Å². The molecule has 0 aliphatic carbocycles. The van der Waals surface area contributed by atoms with E-state index in [0.717, 1.165) is 34.8 Å². The molecule has 10 nitrogen and oxygen atoms in total. The van der Waals surface area contributed by atoms with Gasteiger partial charge in [-0.15, -0.1) is 10.2 Å². The summed E-state index contributed by atoms with van der Waals surface area (Å²) < 4.78 is 28.4. The average molecular weight is 525 g/mol. The molecular weight excluding hydrogens is 496 g/mol. The fourth-order valence-electron chi connectivity index (χ4n) is 3.20. The minimum absolute atomic E-state index is 0.286. The third-order valence-corrected chi connectivity index (χ3v) is 6.10. The van der Waals surface area contributed by atoms with Crippen LogP contribution in [0.4, 0.5) is 0 Å². The van der Waals surface area contributed by atoms with Gasteiger partial charge in [-0.2, -0.15) is 0 Å². The summed E-state index contributed by atoms with van der Waals surface area (Å²) in [5.74, 6) is 8.63. The quantitative estimate of drug-likeness (QED) is 0.140. The zero-order chi connectivity index (χ0) is 25.9. The summed E-state index contributed by atoms with van der Waals surface area (Å²) in [7, 11) is 3.26. The minimum atomic E-state index is 0.286. The molecule has 4 rings (SSSR count). The van der Waals surface area contributed by atoms with Crippen LogP contribution in [0.2, 0.25) is 0 Å². The maximum Gasteiger partial charge on any atom is 0.276 e. The molecule has 194 valence electrons. The Morgan fingerprint density at radius 1 is 0.838 bits per heavy atom. The topological polar surface area (TPSA) is 124 Å². The number of nitrogens with two attached hydrogens (primary N) is 1. The summed E-state index contributed by atoms with van der Waals surface area (Å²) >= 11 is 1.42. The van der Waals surface area contributed by atoms with E-state index in [1.807, 2.05) is 48.5 Å². The molecule has 2 N–H and O–H groups in total. The Balaban J connectivity index is 1.50. The Morgan fingerprint density at radius 3 is 2.05 bits per heavy atom. The van der Waals surface area contributed by atoms with Crippen LogP contribution in [0.3, 0.4) is 0 Å². The van der Waals surface area contributed by atoms with E-state index in [2.05, 4.69) is 20.0 Å². The van der Waals surface area contributed by atoms with Crippen LogP contribution in [-0.2, 0) is 18.1 Å². The second-order valence-corrected chi connectivity index (χ2v) is 8.78. The van der Waals surface area contributed by atoms with Crippen molar-refractivity contribution in [2.45, 2.75) is 24.9 Å². The molecule has 0 unspecified atom stereocenters. The van der Waals surface area contributed by atoms with Gasteiger partial charge in [0.2, 0.25) is 0 Å². The Bertz CT molecular complexity index is 1250. The molecule has 0 atom stereocenters. The molecule has 37 heavy (non-hydrogen) atoms. The molecule has 0 aliphatic rings.